The van der Waals surface area contributed by atoms with E-state index in [0.29, 0.717) is 28.0 Å². The average Bonchev–Trinajstić information content (AvgIpc) is 2.79. The number of carbonyl (C=O) groups is 1. The zero-order valence-electron chi connectivity index (χ0n) is 13.8. The lowest BCUT2D eigenvalue weighted by molar-refractivity contribution is -0.144. The molecule has 0 aliphatic carbocycles. The highest BCUT2D eigenvalue weighted by atomic mass is 16.6. The van der Waals surface area contributed by atoms with Crippen LogP contribution in [0.4, 0.5) is 0 Å². The molecule has 0 saturated heterocycles. The number of hydrogen-bond acceptors (Lipinski definition) is 6. The summed E-state index contributed by atoms with van der Waals surface area (Å²) in [5.74, 6) is -0.170. The van der Waals surface area contributed by atoms with E-state index in [4.69, 9.17) is 9.47 Å². The molecule has 24 heavy (non-hydrogen) atoms. The smallest absolute Gasteiger partial charge is 0.350 e. The minimum atomic E-state index is -0.906. The number of carbonyl (C=O) groups excluding carboxylic acids is 1. The molecule has 0 saturated carbocycles. The molecule has 0 bridgehead atoms. The summed E-state index contributed by atoms with van der Waals surface area (Å²) in [5, 5.41) is 28.0. The molecule has 6 nitrogen and oxygen atoms in total. The van der Waals surface area contributed by atoms with Gasteiger partial charge in [0.1, 0.15) is 23.0 Å². The Hall–Kier alpha value is -2.62. The van der Waals surface area contributed by atoms with Crippen LogP contribution < -0.4 is 4.74 Å². The van der Waals surface area contributed by atoms with Crippen LogP contribution in [0.15, 0.2) is 29.4 Å². The maximum Gasteiger partial charge on any atom is 0.350 e. The topological polar surface area (TPSA) is 99.8 Å². The van der Waals surface area contributed by atoms with Crippen LogP contribution in [0.25, 0.3) is 6.08 Å². The zero-order chi connectivity index (χ0) is 17.9. The monoisotopic (exact) mass is 329 g/mol. The Morgan fingerprint density at radius 1 is 1.29 bits per heavy atom. The lowest BCUT2D eigenvalue weighted by Crippen LogP contribution is -2.22. The van der Waals surface area contributed by atoms with Gasteiger partial charge in [-0.05, 0) is 31.0 Å². The Bertz CT molecular complexity index is 743. The second-order valence-corrected chi connectivity index (χ2v) is 5.82. The standard InChI is InChI=1S/C18H19NO5/c1-18(2)15(14(8-19)17(22)24-18)5-4-13-12(10-21)6-11(9-20)7-16(13)23-3/h4-7,20-21H,9-10H2,1-3H3/b5-4+. The summed E-state index contributed by atoms with van der Waals surface area (Å²) in [6.07, 6.45) is 3.29. The molecule has 1 heterocycles. The fourth-order valence-electron chi connectivity index (χ4n) is 2.63. The molecule has 1 aliphatic rings. The highest BCUT2D eigenvalue weighted by Crippen LogP contribution is 2.34. The minimum Gasteiger partial charge on any atom is -0.496 e. The Morgan fingerprint density at radius 2 is 2.00 bits per heavy atom. The van der Waals surface area contributed by atoms with Crippen LogP contribution in [0.3, 0.4) is 0 Å². The van der Waals surface area contributed by atoms with Crippen molar-refractivity contribution in [2.24, 2.45) is 0 Å². The highest BCUT2D eigenvalue weighted by Gasteiger charge is 2.39. The van der Waals surface area contributed by atoms with E-state index >= 15 is 0 Å². The fraction of sp³-hybridized carbons (Fsp3) is 0.333. The van der Waals surface area contributed by atoms with Gasteiger partial charge in [0.15, 0.2) is 0 Å². The van der Waals surface area contributed by atoms with Gasteiger partial charge in [-0.15, -0.1) is 0 Å². The Kier molecular flexibility index (Phi) is 5.07. The molecule has 2 rings (SSSR count). The van der Waals surface area contributed by atoms with Crippen LogP contribution in [0.5, 0.6) is 5.75 Å². The zero-order valence-corrected chi connectivity index (χ0v) is 13.8. The Balaban J connectivity index is 2.55. The van der Waals surface area contributed by atoms with Gasteiger partial charge in [-0.1, -0.05) is 18.2 Å². The first-order valence-corrected chi connectivity index (χ1v) is 7.35. The maximum atomic E-state index is 11.7. The number of cyclic esters (lactones) is 1. The van der Waals surface area contributed by atoms with Crippen molar-refractivity contribution in [1.29, 1.82) is 5.26 Å². The number of esters is 1. The third-order valence-electron chi connectivity index (χ3n) is 3.86. The molecule has 0 atom stereocenters. The molecule has 1 aromatic rings. The molecule has 0 aromatic heterocycles. The van der Waals surface area contributed by atoms with E-state index < -0.39 is 11.6 Å². The third-order valence-corrected chi connectivity index (χ3v) is 3.86. The number of nitrogens with zero attached hydrogens (tertiary/aromatic N) is 1. The number of aliphatic hydroxyl groups excluding tert-OH is 2. The number of nitriles is 1. The molecule has 126 valence electrons. The summed E-state index contributed by atoms with van der Waals surface area (Å²) in [6.45, 7) is 2.99. The second-order valence-electron chi connectivity index (χ2n) is 5.82. The number of rotatable bonds is 5. The minimum absolute atomic E-state index is 0.0345. The van der Waals surface area contributed by atoms with Crippen molar-refractivity contribution in [3.05, 3.63) is 46.0 Å². The van der Waals surface area contributed by atoms with Crippen molar-refractivity contribution in [2.75, 3.05) is 7.11 Å². The molecule has 2 N–H and O–H groups in total. The van der Waals surface area contributed by atoms with Crippen LogP contribution in [0.1, 0.15) is 30.5 Å². The molecule has 0 amide bonds. The summed E-state index contributed by atoms with van der Waals surface area (Å²) < 4.78 is 10.5. The first-order chi connectivity index (χ1) is 11.4. The van der Waals surface area contributed by atoms with Gasteiger partial charge in [0.25, 0.3) is 0 Å². The van der Waals surface area contributed by atoms with Crippen LogP contribution >= 0.6 is 0 Å². The first kappa shape index (κ1) is 17.7. The molecular weight excluding hydrogens is 310 g/mol. The number of ether oxygens (including phenoxy) is 2. The van der Waals surface area contributed by atoms with E-state index in [2.05, 4.69) is 0 Å². The summed E-state index contributed by atoms with van der Waals surface area (Å²) in [7, 11) is 1.49. The van der Waals surface area contributed by atoms with Gasteiger partial charge in [-0.25, -0.2) is 4.79 Å². The van der Waals surface area contributed by atoms with Crippen LogP contribution in [-0.4, -0.2) is 28.9 Å². The van der Waals surface area contributed by atoms with Crippen molar-refractivity contribution in [1.82, 2.24) is 0 Å². The molecule has 0 unspecified atom stereocenters. The Morgan fingerprint density at radius 3 is 2.54 bits per heavy atom. The number of methoxy groups -OCH3 is 1. The molecule has 0 spiro atoms. The second kappa shape index (κ2) is 6.87. The van der Waals surface area contributed by atoms with Gasteiger partial charge in [0, 0.05) is 11.1 Å². The predicted molar refractivity (Wildman–Crippen MR) is 86.7 cm³/mol. The van der Waals surface area contributed by atoms with Crippen LogP contribution in [0.2, 0.25) is 0 Å². The van der Waals surface area contributed by atoms with Crippen LogP contribution in [-0.2, 0) is 22.7 Å². The number of hydrogen-bond donors (Lipinski definition) is 2. The van der Waals surface area contributed by atoms with E-state index in [1.54, 1.807) is 38.1 Å². The molecule has 0 fully saturated rings. The fourth-order valence-corrected chi connectivity index (χ4v) is 2.63. The van der Waals surface area contributed by atoms with Crippen molar-refractivity contribution in [2.45, 2.75) is 32.7 Å². The molecule has 6 heteroatoms. The van der Waals surface area contributed by atoms with E-state index in [0.717, 1.165) is 0 Å². The van der Waals surface area contributed by atoms with Crippen LogP contribution in [0, 0.1) is 11.3 Å². The van der Waals surface area contributed by atoms with Gasteiger partial charge in [-0.2, -0.15) is 5.26 Å². The summed E-state index contributed by atoms with van der Waals surface area (Å²) in [4.78, 5) is 11.7. The average molecular weight is 329 g/mol. The van der Waals surface area contributed by atoms with E-state index in [-0.39, 0.29) is 18.8 Å². The SMILES string of the molecule is COc1cc(CO)cc(CO)c1/C=C/C1=C(C#N)C(=O)OC1(C)C. The van der Waals surface area contributed by atoms with Gasteiger partial charge in [0.05, 0.1) is 20.3 Å². The third kappa shape index (κ3) is 3.18. The maximum absolute atomic E-state index is 11.7. The van der Waals surface area contributed by atoms with Gasteiger partial charge >= 0.3 is 5.97 Å². The largest absolute Gasteiger partial charge is 0.496 e. The van der Waals surface area contributed by atoms with Gasteiger partial charge in [-0.3, -0.25) is 0 Å². The molecule has 1 aliphatic heterocycles. The summed E-state index contributed by atoms with van der Waals surface area (Å²) >= 11 is 0. The van der Waals surface area contributed by atoms with E-state index in [9.17, 15) is 20.3 Å². The number of benzene rings is 1. The summed E-state index contributed by atoms with van der Waals surface area (Å²) in [5.41, 5.74) is 1.31. The quantitative estimate of drug-likeness (QED) is 0.800. The molecule has 1 aromatic carbocycles. The first-order valence-electron chi connectivity index (χ1n) is 7.35. The van der Waals surface area contributed by atoms with Gasteiger partial charge in [0.2, 0.25) is 0 Å². The lowest BCUT2D eigenvalue weighted by atomic mass is 9.94. The Labute approximate surface area is 140 Å². The van der Waals surface area contributed by atoms with Crippen molar-refractivity contribution >= 4 is 12.0 Å². The normalized spacial score (nSPS) is 16.4. The summed E-state index contributed by atoms with van der Waals surface area (Å²) in [6, 6.07) is 5.21. The van der Waals surface area contributed by atoms with E-state index in [1.165, 1.54) is 7.11 Å². The van der Waals surface area contributed by atoms with Crippen molar-refractivity contribution < 1.29 is 24.5 Å². The number of aliphatic hydroxyl groups is 2. The van der Waals surface area contributed by atoms with E-state index in [1.807, 2.05) is 6.07 Å². The van der Waals surface area contributed by atoms with Crippen molar-refractivity contribution in [3.63, 3.8) is 0 Å². The lowest BCUT2D eigenvalue weighted by Gasteiger charge is -2.19. The highest BCUT2D eigenvalue weighted by molar-refractivity contribution is 5.98. The molecular formula is C18H19NO5. The van der Waals surface area contributed by atoms with Crippen molar-refractivity contribution in [3.8, 4) is 11.8 Å². The van der Waals surface area contributed by atoms with Gasteiger partial charge < -0.3 is 19.7 Å². The predicted octanol–water partition coefficient (Wildman–Crippen LogP) is 1.85. The molecule has 0 radical (unpaired) electrons.